The molecule has 9 heteroatoms. The van der Waals surface area contributed by atoms with Crippen molar-refractivity contribution in [3.05, 3.63) is 30.1 Å². The monoisotopic (exact) mass is 346 g/mol. The van der Waals surface area contributed by atoms with Gasteiger partial charge in [-0.15, -0.1) is 12.4 Å². The number of likely N-dealkylation sites (N-methyl/N-ethyl adjacent to an activating group) is 1. The molecule has 0 amide bonds. The highest BCUT2D eigenvalue weighted by Gasteiger charge is 2.11. The van der Waals surface area contributed by atoms with Crippen molar-refractivity contribution >= 4 is 28.1 Å². The van der Waals surface area contributed by atoms with E-state index < -0.39 is 10.0 Å². The number of nitrogens with zero attached hydrogens (tertiary/aromatic N) is 2. The Kier molecular flexibility index (Phi) is 6.34. The Bertz CT molecular complexity index is 700. The number of aromatic nitrogens is 2. The SMILES string of the molecule is CNC(C)Cc1noc(-c2ccc(NS(C)(=O)=O)cc2)n1.Cl. The van der Waals surface area contributed by atoms with Gasteiger partial charge in [0.2, 0.25) is 10.0 Å². The molecule has 1 heterocycles. The molecule has 0 saturated carbocycles. The Morgan fingerprint density at radius 3 is 2.45 bits per heavy atom. The van der Waals surface area contributed by atoms with Crippen LogP contribution in [0.5, 0.6) is 0 Å². The highest BCUT2D eigenvalue weighted by atomic mass is 35.5. The Balaban J connectivity index is 0.00000242. The fourth-order valence-corrected chi connectivity index (χ4v) is 2.29. The summed E-state index contributed by atoms with van der Waals surface area (Å²) in [4.78, 5) is 4.32. The number of benzene rings is 1. The summed E-state index contributed by atoms with van der Waals surface area (Å²) in [5.41, 5.74) is 1.23. The fourth-order valence-electron chi connectivity index (χ4n) is 1.72. The molecule has 0 aliphatic carbocycles. The van der Waals surface area contributed by atoms with E-state index in [4.69, 9.17) is 4.52 Å². The number of nitrogens with one attached hydrogen (secondary N) is 2. The second-order valence-corrected chi connectivity index (χ2v) is 6.61. The number of hydrogen-bond donors (Lipinski definition) is 2. The molecule has 122 valence electrons. The van der Waals surface area contributed by atoms with Gasteiger partial charge in [-0.3, -0.25) is 4.72 Å². The average Bonchev–Trinajstić information content (AvgIpc) is 2.86. The number of sulfonamides is 1. The van der Waals surface area contributed by atoms with Crippen molar-refractivity contribution in [2.45, 2.75) is 19.4 Å². The van der Waals surface area contributed by atoms with E-state index in [1.165, 1.54) is 0 Å². The van der Waals surface area contributed by atoms with Crippen LogP contribution in [0, 0.1) is 0 Å². The van der Waals surface area contributed by atoms with Crippen molar-refractivity contribution in [1.29, 1.82) is 0 Å². The van der Waals surface area contributed by atoms with E-state index in [9.17, 15) is 8.42 Å². The first-order valence-electron chi connectivity index (χ1n) is 6.45. The molecule has 0 saturated heterocycles. The van der Waals surface area contributed by atoms with Crippen LogP contribution < -0.4 is 10.0 Å². The second kappa shape index (κ2) is 7.57. The van der Waals surface area contributed by atoms with Crippen molar-refractivity contribution in [1.82, 2.24) is 15.5 Å². The predicted octanol–water partition coefficient (Wildman–Crippen LogP) is 1.68. The van der Waals surface area contributed by atoms with Crippen molar-refractivity contribution in [3.63, 3.8) is 0 Å². The van der Waals surface area contributed by atoms with Crippen LogP contribution in [0.15, 0.2) is 28.8 Å². The van der Waals surface area contributed by atoms with E-state index in [-0.39, 0.29) is 18.4 Å². The maximum Gasteiger partial charge on any atom is 0.257 e. The minimum absolute atomic E-state index is 0. The minimum atomic E-state index is -3.28. The molecule has 7 nitrogen and oxygen atoms in total. The third-order valence-electron chi connectivity index (χ3n) is 2.88. The molecule has 2 aromatic rings. The van der Waals surface area contributed by atoms with E-state index in [0.717, 1.165) is 11.8 Å². The first kappa shape index (κ1) is 18.4. The molecule has 1 unspecified atom stereocenters. The van der Waals surface area contributed by atoms with Gasteiger partial charge in [0.25, 0.3) is 5.89 Å². The van der Waals surface area contributed by atoms with Crippen molar-refractivity contribution in [2.24, 2.45) is 0 Å². The molecule has 2 rings (SSSR count). The van der Waals surface area contributed by atoms with Gasteiger partial charge in [-0.1, -0.05) is 5.16 Å². The van der Waals surface area contributed by atoms with Crippen LogP contribution in [-0.2, 0) is 16.4 Å². The van der Waals surface area contributed by atoms with Crippen LogP contribution in [0.4, 0.5) is 5.69 Å². The second-order valence-electron chi connectivity index (χ2n) is 4.86. The number of rotatable bonds is 6. The lowest BCUT2D eigenvalue weighted by molar-refractivity contribution is 0.418. The summed E-state index contributed by atoms with van der Waals surface area (Å²) in [6.45, 7) is 2.03. The molecule has 0 fully saturated rings. The van der Waals surface area contributed by atoms with E-state index in [2.05, 4.69) is 20.2 Å². The first-order chi connectivity index (χ1) is 9.87. The van der Waals surface area contributed by atoms with Crippen LogP contribution in [0.3, 0.4) is 0 Å². The zero-order valence-corrected chi connectivity index (χ0v) is 14.2. The normalized spacial score (nSPS) is 12.5. The van der Waals surface area contributed by atoms with Crippen LogP contribution in [-0.4, -0.2) is 37.9 Å². The van der Waals surface area contributed by atoms with Gasteiger partial charge in [-0.25, -0.2) is 8.42 Å². The zero-order valence-electron chi connectivity index (χ0n) is 12.5. The number of anilines is 1. The standard InChI is InChI=1S/C13H18N4O3S.ClH/c1-9(14-2)8-12-15-13(20-16-12)10-4-6-11(7-5-10)17-21(3,18)19;/h4-7,9,14,17H,8H2,1-3H3;1H. The average molecular weight is 347 g/mol. The summed E-state index contributed by atoms with van der Waals surface area (Å²) in [7, 11) is -1.40. The third kappa shape index (κ3) is 5.28. The van der Waals surface area contributed by atoms with Crippen LogP contribution >= 0.6 is 12.4 Å². The Morgan fingerprint density at radius 1 is 1.27 bits per heavy atom. The third-order valence-corrected chi connectivity index (χ3v) is 3.49. The quantitative estimate of drug-likeness (QED) is 0.826. The van der Waals surface area contributed by atoms with Crippen molar-refractivity contribution in [2.75, 3.05) is 18.0 Å². The van der Waals surface area contributed by atoms with E-state index >= 15 is 0 Å². The van der Waals surface area contributed by atoms with Crippen LogP contribution in [0.1, 0.15) is 12.7 Å². The highest BCUT2D eigenvalue weighted by molar-refractivity contribution is 7.92. The van der Waals surface area contributed by atoms with E-state index in [0.29, 0.717) is 23.8 Å². The Labute approximate surface area is 136 Å². The zero-order chi connectivity index (χ0) is 15.5. The lowest BCUT2D eigenvalue weighted by Gasteiger charge is -2.04. The molecule has 22 heavy (non-hydrogen) atoms. The summed E-state index contributed by atoms with van der Waals surface area (Å²) < 4.78 is 29.9. The molecule has 2 N–H and O–H groups in total. The van der Waals surface area contributed by atoms with Gasteiger partial charge in [0.05, 0.1) is 6.26 Å². The molecule has 0 bridgehead atoms. The van der Waals surface area contributed by atoms with E-state index in [1.807, 2.05) is 14.0 Å². The van der Waals surface area contributed by atoms with Crippen molar-refractivity contribution in [3.8, 4) is 11.5 Å². The molecule has 0 aliphatic rings. The summed E-state index contributed by atoms with van der Waals surface area (Å²) in [5.74, 6) is 1.05. The summed E-state index contributed by atoms with van der Waals surface area (Å²) >= 11 is 0. The molecular weight excluding hydrogens is 328 g/mol. The highest BCUT2D eigenvalue weighted by Crippen LogP contribution is 2.20. The van der Waals surface area contributed by atoms with Crippen molar-refractivity contribution < 1.29 is 12.9 Å². The lowest BCUT2D eigenvalue weighted by Crippen LogP contribution is -2.24. The largest absolute Gasteiger partial charge is 0.334 e. The molecule has 1 aromatic heterocycles. The van der Waals surface area contributed by atoms with Gasteiger partial charge in [0.1, 0.15) is 0 Å². The molecule has 1 atom stereocenters. The summed E-state index contributed by atoms with van der Waals surface area (Å²) in [5, 5.41) is 7.03. The van der Waals surface area contributed by atoms with Crippen LogP contribution in [0.2, 0.25) is 0 Å². The minimum Gasteiger partial charge on any atom is -0.334 e. The van der Waals surface area contributed by atoms with Gasteiger partial charge >= 0.3 is 0 Å². The number of halogens is 1. The topological polar surface area (TPSA) is 97.1 Å². The Morgan fingerprint density at radius 2 is 1.91 bits per heavy atom. The van der Waals surface area contributed by atoms with Gasteiger partial charge in [0.15, 0.2) is 5.82 Å². The van der Waals surface area contributed by atoms with E-state index in [1.54, 1.807) is 24.3 Å². The summed E-state index contributed by atoms with van der Waals surface area (Å²) in [6, 6.07) is 7.02. The predicted molar refractivity (Wildman–Crippen MR) is 87.7 cm³/mol. The number of hydrogen-bond acceptors (Lipinski definition) is 6. The molecular formula is C13H19ClN4O3S. The van der Waals surface area contributed by atoms with Gasteiger partial charge < -0.3 is 9.84 Å². The van der Waals surface area contributed by atoms with Gasteiger partial charge in [-0.05, 0) is 38.2 Å². The van der Waals surface area contributed by atoms with Gasteiger partial charge in [-0.2, -0.15) is 4.98 Å². The smallest absolute Gasteiger partial charge is 0.257 e. The molecule has 0 aliphatic heterocycles. The first-order valence-corrected chi connectivity index (χ1v) is 8.34. The maximum atomic E-state index is 11.1. The van der Waals surface area contributed by atoms with Gasteiger partial charge in [0, 0.05) is 23.7 Å². The molecule has 0 spiro atoms. The molecule has 1 aromatic carbocycles. The Hall–Kier alpha value is -1.64. The maximum absolute atomic E-state index is 11.1. The lowest BCUT2D eigenvalue weighted by atomic mass is 10.2. The summed E-state index contributed by atoms with van der Waals surface area (Å²) in [6.07, 6.45) is 1.78. The van der Waals surface area contributed by atoms with Crippen LogP contribution in [0.25, 0.3) is 11.5 Å². The fraction of sp³-hybridized carbons (Fsp3) is 0.385. The molecule has 0 radical (unpaired) electrons.